The van der Waals surface area contributed by atoms with Crippen LogP contribution in [0.5, 0.6) is 0 Å². The van der Waals surface area contributed by atoms with Crippen molar-refractivity contribution in [1.29, 1.82) is 0 Å². The normalized spacial score (nSPS) is 16.6. The first-order valence-electron chi connectivity index (χ1n) is 5.58. The third-order valence-electron chi connectivity index (χ3n) is 3.15. The molecule has 0 atom stereocenters. The van der Waals surface area contributed by atoms with Crippen LogP contribution in [0, 0.1) is 5.92 Å². The van der Waals surface area contributed by atoms with Crippen molar-refractivity contribution in [1.82, 2.24) is 0 Å². The number of halogens is 1. The van der Waals surface area contributed by atoms with E-state index >= 15 is 0 Å². The van der Waals surface area contributed by atoms with E-state index in [1.165, 1.54) is 6.08 Å². The van der Waals surface area contributed by atoms with E-state index in [0.717, 1.165) is 30.4 Å². The molecule has 0 radical (unpaired) electrons. The standard InChI is InChI=1S/C13H14ClNO2/c14-11-5-4-9(6-12(11)15)10(7-13(16)17)8-2-1-3-8/h4-8H,1-3,15H2,(H,16,17)/b10-7+. The van der Waals surface area contributed by atoms with E-state index in [2.05, 4.69) is 0 Å². The third kappa shape index (κ3) is 2.61. The van der Waals surface area contributed by atoms with Crippen LogP contribution in [0.2, 0.25) is 5.02 Å². The van der Waals surface area contributed by atoms with Gasteiger partial charge in [0.25, 0.3) is 0 Å². The van der Waals surface area contributed by atoms with Gasteiger partial charge >= 0.3 is 5.97 Å². The van der Waals surface area contributed by atoms with Gasteiger partial charge in [-0.15, -0.1) is 0 Å². The fourth-order valence-corrected chi connectivity index (χ4v) is 2.13. The molecule has 0 spiro atoms. The Hall–Kier alpha value is -1.48. The van der Waals surface area contributed by atoms with Crippen LogP contribution in [0.3, 0.4) is 0 Å². The van der Waals surface area contributed by atoms with Gasteiger partial charge in [-0.3, -0.25) is 0 Å². The van der Waals surface area contributed by atoms with Crippen LogP contribution < -0.4 is 5.73 Å². The lowest BCUT2D eigenvalue weighted by atomic mass is 9.77. The second kappa shape index (κ2) is 4.80. The molecule has 1 aliphatic carbocycles. The number of hydrogen-bond donors (Lipinski definition) is 2. The predicted molar refractivity (Wildman–Crippen MR) is 68.8 cm³/mol. The second-order valence-electron chi connectivity index (χ2n) is 4.30. The molecule has 1 aliphatic rings. The highest BCUT2D eigenvalue weighted by Crippen LogP contribution is 2.39. The minimum absolute atomic E-state index is 0.340. The van der Waals surface area contributed by atoms with Gasteiger partial charge < -0.3 is 10.8 Å². The Morgan fingerprint density at radius 2 is 2.18 bits per heavy atom. The number of aliphatic carboxylic acids is 1. The first-order chi connectivity index (χ1) is 8.08. The summed E-state index contributed by atoms with van der Waals surface area (Å²) in [5, 5.41) is 9.40. The smallest absolute Gasteiger partial charge is 0.328 e. The minimum Gasteiger partial charge on any atom is -0.478 e. The fraction of sp³-hybridized carbons (Fsp3) is 0.308. The maximum absolute atomic E-state index is 10.8. The van der Waals surface area contributed by atoms with Crippen LogP contribution in [0.1, 0.15) is 24.8 Å². The molecule has 0 aliphatic heterocycles. The molecule has 4 heteroatoms. The zero-order chi connectivity index (χ0) is 12.4. The number of carbonyl (C=O) groups is 1. The number of anilines is 1. The van der Waals surface area contributed by atoms with Crippen molar-refractivity contribution in [2.24, 2.45) is 5.92 Å². The van der Waals surface area contributed by atoms with Crippen molar-refractivity contribution in [3.05, 3.63) is 34.9 Å². The number of nitrogens with two attached hydrogens (primary N) is 1. The van der Waals surface area contributed by atoms with E-state index in [1.54, 1.807) is 12.1 Å². The van der Waals surface area contributed by atoms with E-state index in [9.17, 15) is 4.79 Å². The van der Waals surface area contributed by atoms with Crippen LogP contribution in [-0.2, 0) is 4.79 Å². The molecule has 0 amide bonds. The molecular formula is C13H14ClNO2. The molecule has 0 aromatic heterocycles. The molecule has 90 valence electrons. The molecule has 0 saturated heterocycles. The quantitative estimate of drug-likeness (QED) is 0.641. The lowest BCUT2D eigenvalue weighted by Gasteiger charge is -2.28. The van der Waals surface area contributed by atoms with Gasteiger partial charge in [0.2, 0.25) is 0 Å². The van der Waals surface area contributed by atoms with E-state index < -0.39 is 5.97 Å². The summed E-state index contributed by atoms with van der Waals surface area (Å²) in [4.78, 5) is 10.8. The molecule has 1 aromatic rings. The maximum atomic E-state index is 10.8. The molecule has 1 aromatic carbocycles. The van der Waals surface area contributed by atoms with E-state index in [4.69, 9.17) is 22.4 Å². The predicted octanol–water partition coefficient (Wildman–Crippen LogP) is 3.19. The molecule has 2 rings (SSSR count). The largest absolute Gasteiger partial charge is 0.478 e. The molecule has 17 heavy (non-hydrogen) atoms. The zero-order valence-electron chi connectivity index (χ0n) is 9.32. The first-order valence-corrected chi connectivity index (χ1v) is 5.95. The summed E-state index contributed by atoms with van der Waals surface area (Å²) in [6.45, 7) is 0. The van der Waals surface area contributed by atoms with Gasteiger partial charge in [-0.25, -0.2) is 4.79 Å². The number of benzene rings is 1. The SMILES string of the molecule is Nc1cc(/C(=C/C(=O)O)C2CCC2)ccc1Cl. The summed E-state index contributed by atoms with van der Waals surface area (Å²) < 4.78 is 0. The van der Waals surface area contributed by atoms with Gasteiger partial charge in [-0.2, -0.15) is 0 Å². The van der Waals surface area contributed by atoms with Crippen LogP contribution in [-0.4, -0.2) is 11.1 Å². The van der Waals surface area contributed by atoms with Gasteiger partial charge in [0.1, 0.15) is 0 Å². The highest BCUT2D eigenvalue weighted by Gasteiger charge is 2.23. The van der Waals surface area contributed by atoms with E-state index in [-0.39, 0.29) is 0 Å². The maximum Gasteiger partial charge on any atom is 0.328 e. The zero-order valence-corrected chi connectivity index (χ0v) is 10.1. The molecule has 1 fully saturated rings. The lowest BCUT2D eigenvalue weighted by Crippen LogP contribution is -2.14. The van der Waals surface area contributed by atoms with Gasteiger partial charge in [0.05, 0.1) is 10.7 Å². The Morgan fingerprint density at radius 1 is 1.47 bits per heavy atom. The topological polar surface area (TPSA) is 63.3 Å². The van der Waals surface area contributed by atoms with Gasteiger partial charge in [0, 0.05) is 6.08 Å². The van der Waals surface area contributed by atoms with Gasteiger partial charge in [-0.05, 0) is 42.0 Å². The second-order valence-corrected chi connectivity index (χ2v) is 4.71. The minimum atomic E-state index is -0.916. The van der Waals surface area contributed by atoms with Crippen molar-refractivity contribution in [2.45, 2.75) is 19.3 Å². The molecule has 3 N–H and O–H groups in total. The summed E-state index contributed by atoms with van der Waals surface area (Å²) in [5.74, 6) is -0.577. The Bertz CT molecular complexity index is 478. The Labute approximate surface area is 105 Å². The van der Waals surface area contributed by atoms with Gasteiger partial charge in [-0.1, -0.05) is 24.1 Å². The van der Waals surface area contributed by atoms with Crippen molar-refractivity contribution in [3.8, 4) is 0 Å². The summed E-state index contributed by atoms with van der Waals surface area (Å²) in [6, 6.07) is 5.28. The molecule has 0 bridgehead atoms. The number of hydrogen-bond acceptors (Lipinski definition) is 2. The molecular weight excluding hydrogens is 238 g/mol. The molecule has 0 heterocycles. The van der Waals surface area contributed by atoms with E-state index in [1.807, 2.05) is 6.07 Å². The van der Waals surface area contributed by atoms with Crippen LogP contribution in [0.25, 0.3) is 5.57 Å². The third-order valence-corrected chi connectivity index (χ3v) is 3.50. The number of rotatable bonds is 3. The highest BCUT2D eigenvalue weighted by atomic mass is 35.5. The first kappa shape index (κ1) is 12.0. The number of nitrogen functional groups attached to an aromatic ring is 1. The van der Waals surface area contributed by atoms with Crippen molar-refractivity contribution in [3.63, 3.8) is 0 Å². The van der Waals surface area contributed by atoms with Crippen molar-refractivity contribution < 1.29 is 9.90 Å². The Balaban J connectivity index is 2.37. The molecule has 1 saturated carbocycles. The number of carboxylic acid groups (broad SMARTS) is 1. The van der Waals surface area contributed by atoms with Crippen LogP contribution >= 0.6 is 11.6 Å². The summed E-state index contributed by atoms with van der Waals surface area (Å²) in [6.07, 6.45) is 4.53. The lowest BCUT2D eigenvalue weighted by molar-refractivity contribution is -0.131. The average Bonchev–Trinajstić information content (AvgIpc) is 2.18. The van der Waals surface area contributed by atoms with Crippen LogP contribution in [0.4, 0.5) is 5.69 Å². The number of carboxylic acids is 1. The van der Waals surface area contributed by atoms with Crippen molar-refractivity contribution >= 4 is 28.8 Å². The molecule has 3 nitrogen and oxygen atoms in total. The average molecular weight is 252 g/mol. The molecule has 0 unspecified atom stereocenters. The summed E-state index contributed by atoms with van der Waals surface area (Å²) in [7, 11) is 0. The Kier molecular flexibility index (Phi) is 3.38. The van der Waals surface area contributed by atoms with Crippen molar-refractivity contribution in [2.75, 3.05) is 5.73 Å². The highest BCUT2D eigenvalue weighted by molar-refractivity contribution is 6.33. The monoisotopic (exact) mass is 251 g/mol. The summed E-state index contributed by atoms with van der Waals surface area (Å²) >= 11 is 5.86. The van der Waals surface area contributed by atoms with Gasteiger partial charge in [0.15, 0.2) is 0 Å². The van der Waals surface area contributed by atoms with E-state index in [0.29, 0.717) is 16.6 Å². The Morgan fingerprint density at radius 3 is 2.65 bits per heavy atom. The fourth-order valence-electron chi connectivity index (χ4n) is 2.01. The van der Waals surface area contributed by atoms with Crippen LogP contribution in [0.15, 0.2) is 24.3 Å². The number of allylic oxidation sites excluding steroid dienone is 1. The summed E-state index contributed by atoms with van der Waals surface area (Å²) in [5.41, 5.74) is 7.94.